The second-order valence-electron chi connectivity index (χ2n) is 2.97. The molecule has 0 aliphatic heterocycles. The third kappa shape index (κ3) is 2.23. The highest BCUT2D eigenvalue weighted by atomic mass is 16.4. The normalized spacial score (nSPS) is 9.86. The van der Waals surface area contributed by atoms with Crippen molar-refractivity contribution in [2.24, 2.45) is 5.73 Å². The Bertz CT molecular complexity index is 337. The molecule has 1 aromatic rings. The highest BCUT2D eigenvalue weighted by Gasteiger charge is 2.06. The SMILES string of the molecule is CNc1ccc(C(=O)O)cc1CCN. The van der Waals surface area contributed by atoms with E-state index in [1.807, 2.05) is 0 Å². The Labute approximate surface area is 82.7 Å². The fourth-order valence-electron chi connectivity index (χ4n) is 1.33. The van der Waals surface area contributed by atoms with E-state index in [4.69, 9.17) is 10.8 Å². The van der Waals surface area contributed by atoms with E-state index >= 15 is 0 Å². The first kappa shape index (κ1) is 10.5. The van der Waals surface area contributed by atoms with Gasteiger partial charge in [-0.2, -0.15) is 0 Å². The standard InChI is InChI=1S/C10H14N2O2/c1-12-9-3-2-8(10(13)14)6-7(9)4-5-11/h2-3,6,12H,4-5,11H2,1H3,(H,13,14). The largest absolute Gasteiger partial charge is 0.478 e. The number of hydrogen-bond acceptors (Lipinski definition) is 3. The number of benzene rings is 1. The molecule has 0 aliphatic rings. The van der Waals surface area contributed by atoms with Crippen LogP contribution < -0.4 is 11.1 Å². The third-order valence-corrected chi connectivity index (χ3v) is 2.04. The van der Waals surface area contributed by atoms with Crippen LogP contribution in [0.2, 0.25) is 0 Å². The van der Waals surface area contributed by atoms with Crippen molar-refractivity contribution in [1.29, 1.82) is 0 Å². The van der Waals surface area contributed by atoms with Gasteiger partial charge in [-0.1, -0.05) is 0 Å². The average Bonchev–Trinajstić information content (AvgIpc) is 2.18. The van der Waals surface area contributed by atoms with Crippen molar-refractivity contribution in [3.8, 4) is 0 Å². The zero-order chi connectivity index (χ0) is 10.6. The lowest BCUT2D eigenvalue weighted by molar-refractivity contribution is 0.0697. The molecule has 0 bridgehead atoms. The minimum atomic E-state index is -0.911. The summed E-state index contributed by atoms with van der Waals surface area (Å²) in [7, 11) is 1.80. The second kappa shape index (κ2) is 4.62. The molecule has 76 valence electrons. The number of aromatic carboxylic acids is 1. The van der Waals surface area contributed by atoms with E-state index in [-0.39, 0.29) is 0 Å². The Morgan fingerprint density at radius 3 is 2.79 bits per heavy atom. The van der Waals surface area contributed by atoms with Crippen molar-refractivity contribution in [3.05, 3.63) is 29.3 Å². The summed E-state index contributed by atoms with van der Waals surface area (Å²) >= 11 is 0. The van der Waals surface area contributed by atoms with Gasteiger partial charge in [0.1, 0.15) is 0 Å². The van der Waals surface area contributed by atoms with E-state index in [2.05, 4.69) is 5.32 Å². The van der Waals surface area contributed by atoms with Crippen molar-refractivity contribution >= 4 is 11.7 Å². The molecular weight excluding hydrogens is 180 g/mol. The summed E-state index contributed by atoms with van der Waals surface area (Å²) < 4.78 is 0. The molecular formula is C10H14N2O2. The first-order valence-electron chi connectivity index (χ1n) is 4.43. The number of carboxylic acids is 1. The van der Waals surface area contributed by atoms with Gasteiger partial charge in [-0.25, -0.2) is 4.79 Å². The minimum Gasteiger partial charge on any atom is -0.478 e. The van der Waals surface area contributed by atoms with Crippen LogP contribution in [-0.2, 0) is 6.42 Å². The summed E-state index contributed by atoms with van der Waals surface area (Å²) in [5.74, 6) is -0.911. The average molecular weight is 194 g/mol. The van der Waals surface area contributed by atoms with Crippen molar-refractivity contribution in [2.75, 3.05) is 18.9 Å². The molecule has 0 heterocycles. The summed E-state index contributed by atoms with van der Waals surface area (Å²) in [5.41, 5.74) is 7.60. The Balaban J connectivity index is 3.07. The molecule has 4 heteroatoms. The molecule has 14 heavy (non-hydrogen) atoms. The highest BCUT2D eigenvalue weighted by molar-refractivity contribution is 5.88. The molecule has 4 nitrogen and oxygen atoms in total. The van der Waals surface area contributed by atoms with Gasteiger partial charge in [0.15, 0.2) is 0 Å². The van der Waals surface area contributed by atoms with Crippen LogP contribution in [-0.4, -0.2) is 24.7 Å². The Hall–Kier alpha value is -1.55. The Morgan fingerprint density at radius 2 is 2.29 bits per heavy atom. The summed E-state index contributed by atoms with van der Waals surface area (Å²) in [6.45, 7) is 0.512. The van der Waals surface area contributed by atoms with Gasteiger partial charge in [0.2, 0.25) is 0 Å². The lowest BCUT2D eigenvalue weighted by Gasteiger charge is -2.08. The maximum atomic E-state index is 10.7. The Kier molecular flexibility index (Phi) is 3.48. The molecule has 0 fully saturated rings. The molecule has 0 atom stereocenters. The fraction of sp³-hybridized carbons (Fsp3) is 0.300. The molecule has 0 saturated heterocycles. The number of nitrogens with two attached hydrogens (primary N) is 1. The summed E-state index contributed by atoms with van der Waals surface area (Å²) in [4.78, 5) is 10.7. The number of nitrogens with one attached hydrogen (secondary N) is 1. The molecule has 0 radical (unpaired) electrons. The first-order valence-corrected chi connectivity index (χ1v) is 4.43. The number of carbonyl (C=O) groups is 1. The Morgan fingerprint density at radius 1 is 1.57 bits per heavy atom. The van der Waals surface area contributed by atoms with Crippen LogP contribution in [0.4, 0.5) is 5.69 Å². The van der Waals surface area contributed by atoms with Crippen LogP contribution in [0.3, 0.4) is 0 Å². The van der Waals surface area contributed by atoms with Gasteiger partial charge in [0, 0.05) is 12.7 Å². The zero-order valence-electron chi connectivity index (χ0n) is 8.08. The van der Waals surface area contributed by atoms with E-state index in [9.17, 15) is 4.79 Å². The highest BCUT2D eigenvalue weighted by Crippen LogP contribution is 2.17. The molecule has 0 aromatic heterocycles. The molecule has 0 amide bonds. The number of rotatable bonds is 4. The van der Waals surface area contributed by atoms with Crippen molar-refractivity contribution in [3.63, 3.8) is 0 Å². The smallest absolute Gasteiger partial charge is 0.335 e. The molecule has 0 aliphatic carbocycles. The van der Waals surface area contributed by atoms with Gasteiger partial charge in [0.05, 0.1) is 5.56 Å². The van der Waals surface area contributed by atoms with E-state index in [1.54, 1.807) is 25.2 Å². The molecule has 1 aromatic carbocycles. The maximum absolute atomic E-state index is 10.7. The van der Waals surface area contributed by atoms with Gasteiger partial charge in [-0.3, -0.25) is 0 Å². The lowest BCUT2D eigenvalue weighted by atomic mass is 10.1. The van der Waals surface area contributed by atoms with Crippen molar-refractivity contribution in [1.82, 2.24) is 0 Å². The van der Waals surface area contributed by atoms with Gasteiger partial charge in [0.25, 0.3) is 0 Å². The topological polar surface area (TPSA) is 75.3 Å². The maximum Gasteiger partial charge on any atom is 0.335 e. The number of hydrogen-bond donors (Lipinski definition) is 3. The quantitative estimate of drug-likeness (QED) is 0.666. The number of anilines is 1. The van der Waals surface area contributed by atoms with Crippen LogP contribution in [0.25, 0.3) is 0 Å². The summed E-state index contributed by atoms with van der Waals surface area (Å²) in [5, 5.41) is 11.8. The lowest BCUT2D eigenvalue weighted by Crippen LogP contribution is -2.07. The predicted octanol–water partition coefficient (Wildman–Crippen LogP) is 0.928. The van der Waals surface area contributed by atoms with Gasteiger partial charge < -0.3 is 16.2 Å². The molecule has 0 spiro atoms. The third-order valence-electron chi connectivity index (χ3n) is 2.04. The van der Waals surface area contributed by atoms with Crippen molar-refractivity contribution < 1.29 is 9.90 Å². The summed E-state index contributed by atoms with van der Waals surface area (Å²) in [6, 6.07) is 4.99. The zero-order valence-corrected chi connectivity index (χ0v) is 8.08. The predicted molar refractivity (Wildman–Crippen MR) is 55.7 cm³/mol. The van der Waals surface area contributed by atoms with Crippen molar-refractivity contribution in [2.45, 2.75) is 6.42 Å². The second-order valence-corrected chi connectivity index (χ2v) is 2.97. The molecule has 1 rings (SSSR count). The van der Waals surface area contributed by atoms with Crippen LogP contribution in [0.15, 0.2) is 18.2 Å². The fourth-order valence-corrected chi connectivity index (χ4v) is 1.33. The van der Waals surface area contributed by atoms with Gasteiger partial charge in [-0.05, 0) is 36.7 Å². The van der Waals surface area contributed by atoms with Gasteiger partial charge >= 0.3 is 5.97 Å². The van der Waals surface area contributed by atoms with Gasteiger partial charge in [-0.15, -0.1) is 0 Å². The molecule has 0 unspecified atom stereocenters. The first-order chi connectivity index (χ1) is 6.69. The van der Waals surface area contributed by atoms with E-state index < -0.39 is 5.97 Å². The van der Waals surface area contributed by atoms with E-state index in [1.165, 1.54) is 0 Å². The van der Waals surface area contributed by atoms with Crippen LogP contribution in [0.5, 0.6) is 0 Å². The minimum absolute atomic E-state index is 0.299. The van der Waals surface area contributed by atoms with Crippen LogP contribution in [0, 0.1) is 0 Å². The summed E-state index contributed by atoms with van der Waals surface area (Å²) in [6.07, 6.45) is 0.678. The monoisotopic (exact) mass is 194 g/mol. The van der Waals surface area contributed by atoms with Crippen LogP contribution >= 0.6 is 0 Å². The number of carboxylic acid groups (broad SMARTS) is 1. The molecule has 0 saturated carbocycles. The van der Waals surface area contributed by atoms with E-state index in [0.717, 1.165) is 11.3 Å². The molecule has 4 N–H and O–H groups in total. The van der Waals surface area contributed by atoms with Crippen LogP contribution in [0.1, 0.15) is 15.9 Å². The van der Waals surface area contributed by atoms with E-state index in [0.29, 0.717) is 18.5 Å².